The van der Waals surface area contributed by atoms with Gasteiger partial charge in [0.2, 0.25) is 0 Å². The second-order valence-electron chi connectivity index (χ2n) is 2.54. The molecule has 0 aliphatic heterocycles. The van der Waals surface area contributed by atoms with Crippen LogP contribution in [0.4, 0.5) is 5.00 Å². The van der Waals surface area contributed by atoms with Crippen molar-refractivity contribution in [2.45, 2.75) is 32.6 Å². The Morgan fingerprint density at radius 3 is 2.82 bits per heavy atom. The van der Waals surface area contributed by atoms with Gasteiger partial charge < -0.3 is 5.73 Å². The van der Waals surface area contributed by atoms with E-state index in [0.29, 0.717) is 0 Å². The lowest BCUT2D eigenvalue weighted by Gasteiger charge is -1.94. The van der Waals surface area contributed by atoms with E-state index in [1.165, 1.54) is 30.8 Å². The fourth-order valence-electron chi connectivity index (χ4n) is 0.931. The first-order valence-electron chi connectivity index (χ1n) is 3.91. The minimum Gasteiger partial charge on any atom is -0.388 e. The second kappa shape index (κ2) is 4.28. The summed E-state index contributed by atoms with van der Waals surface area (Å²) in [5.41, 5.74) is 6.59. The van der Waals surface area contributed by atoms with E-state index in [4.69, 9.17) is 5.73 Å². The lowest BCUT2D eigenvalue weighted by Crippen LogP contribution is -1.91. The van der Waals surface area contributed by atoms with Crippen molar-refractivity contribution in [1.29, 1.82) is 0 Å². The molecule has 0 aliphatic carbocycles. The SMILES string of the molecule is CCCCCc1nnsc1N. The van der Waals surface area contributed by atoms with Gasteiger partial charge in [-0.2, -0.15) is 0 Å². The van der Waals surface area contributed by atoms with Gasteiger partial charge in [0.15, 0.2) is 0 Å². The normalized spacial score (nSPS) is 10.3. The van der Waals surface area contributed by atoms with Crippen LogP contribution in [0.2, 0.25) is 0 Å². The first-order chi connectivity index (χ1) is 5.34. The fourth-order valence-corrected chi connectivity index (χ4v) is 1.41. The van der Waals surface area contributed by atoms with Gasteiger partial charge in [-0.1, -0.05) is 24.3 Å². The Morgan fingerprint density at radius 2 is 2.27 bits per heavy atom. The van der Waals surface area contributed by atoms with Crippen LogP contribution < -0.4 is 5.73 Å². The van der Waals surface area contributed by atoms with E-state index >= 15 is 0 Å². The van der Waals surface area contributed by atoms with Crippen LogP contribution in [0.5, 0.6) is 0 Å². The third-order valence-electron chi connectivity index (χ3n) is 1.60. The standard InChI is InChI=1S/C7H13N3S/c1-2-3-4-5-6-7(8)11-10-9-6/h2-5,8H2,1H3. The predicted molar refractivity (Wildman–Crippen MR) is 47.6 cm³/mol. The molecule has 0 bridgehead atoms. The number of nitrogen functional groups attached to an aromatic ring is 1. The number of hydrogen-bond donors (Lipinski definition) is 1. The highest BCUT2D eigenvalue weighted by atomic mass is 32.1. The molecular formula is C7H13N3S. The lowest BCUT2D eigenvalue weighted by molar-refractivity contribution is 0.706. The number of anilines is 1. The Labute approximate surface area is 70.8 Å². The zero-order chi connectivity index (χ0) is 8.10. The summed E-state index contributed by atoms with van der Waals surface area (Å²) < 4.78 is 3.77. The van der Waals surface area contributed by atoms with Crippen LogP contribution in [0.3, 0.4) is 0 Å². The van der Waals surface area contributed by atoms with Crippen LogP contribution in [-0.4, -0.2) is 9.59 Å². The topological polar surface area (TPSA) is 51.8 Å². The highest BCUT2D eigenvalue weighted by molar-refractivity contribution is 7.09. The molecule has 0 radical (unpaired) electrons. The quantitative estimate of drug-likeness (QED) is 0.703. The maximum absolute atomic E-state index is 5.62. The molecule has 0 saturated carbocycles. The highest BCUT2D eigenvalue weighted by Gasteiger charge is 2.01. The molecule has 0 unspecified atom stereocenters. The van der Waals surface area contributed by atoms with Crippen LogP contribution in [0.1, 0.15) is 31.9 Å². The minimum absolute atomic E-state index is 0.779. The van der Waals surface area contributed by atoms with Crippen molar-refractivity contribution in [3.05, 3.63) is 5.69 Å². The summed E-state index contributed by atoms with van der Waals surface area (Å²) in [7, 11) is 0. The number of nitrogens with two attached hydrogens (primary N) is 1. The molecular weight excluding hydrogens is 158 g/mol. The van der Waals surface area contributed by atoms with Crippen LogP contribution in [0.25, 0.3) is 0 Å². The molecule has 3 nitrogen and oxygen atoms in total. The molecule has 1 heterocycles. The van der Waals surface area contributed by atoms with E-state index in [9.17, 15) is 0 Å². The molecule has 62 valence electrons. The van der Waals surface area contributed by atoms with Crippen molar-refractivity contribution in [2.75, 3.05) is 5.73 Å². The van der Waals surface area contributed by atoms with Gasteiger partial charge in [0, 0.05) is 11.5 Å². The minimum atomic E-state index is 0.779. The average Bonchev–Trinajstić information content (AvgIpc) is 2.37. The number of aryl methyl sites for hydroxylation is 1. The van der Waals surface area contributed by atoms with Gasteiger partial charge in [-0.25, -0.2) is 0 Å². The highest BCUT2D eigenvalue weighted by Crippen LogP contribution is 2.14. The van der Waals surface area contributed by atoms with Crippen LogP contribution in [0, 0.1) is 0 Å². The summed E-state index contributed by atoms with van der Waals surface area (Å²) in [4.78, 5) is 0. The maximum atomic E-state index is 5.62. The Morgan fingerprint density at radius 1 is 1.45 bits per heavy atom. The van der Waals surface area contributed by atoms with Crippen molar-refractivity contribution in [1.82, 2.24) is 9.59 Å². The molecule has 0 atom stereocenters. The van der Waals surface area contributed by atoms with Gasteiger partial charge in [0.1, 0.15) is 5.00 Å². The summed E-state index contributed by atoms with van der Waals surface area (Å²) in [6.07, 6.45) is 4.64. The third-order valence-corrected chi connectivity index (χ3v) is 2.20. The molecule has 1 rings (SSSR count). The molecule has 4 heteroatoms. The lowest BCUT2D eigenvalue weighted by atomic mass is 10.2. The monoisotopic (exact) mass is 171 g/mol. The largest absolute Gasteiger partial charge is 0.388 e. The number of aromatic nitrogens is 2. The molecule has 0 aliphatic rings. The average molecular weight is 171 g/mol. The van der Waals surface area contributed by atoms with Gasteiger partial charge in [0.25, 0.3) is 0 Å². The number of nitrogens with zero attached hydrogens (tertiary/aromatic N) is 2. The summed E-state index contributed by atoms with van der Waals surface area (Å²) in [5, 5.41) is 4.71. The third kappa shape index (κ3) is 2.46. The van der Waals surface area contributed by atoms with Crippen LogP contribution in [0.15, 0.2) is 0 Å². The van der Waals surface area contributed by atoms with E-state index in [1.54, 1.807) is 0 Å². The Balaban J connectivity index is 2.32. The summed E-state index contributed by atoms with van der Waals surface area (Å²) in [6, 6.07) is 0. The molecule has 1 aromatic rings. The molecule has 0 fully saturated rings. The molecule has 2 N–H and O–H groups in total. The zero-order valence-electron chi connectivity index (χ0n) is 6.71. The molecule has 11 heavy (non-hydrogen) atoms. The summed E-state index contributed by atoms with van der Waals surface area (Å²) >= 11 is 1.28. The van der Waals surface area contributed by atoms with Gasteiger partial charge in [-0.05, 0) is 12.8 Å². The molecule has 0 aromatic carbocycles. The molecule has 0 amide bonds. The zero-order valence-corrected chi connectivity index (χ0v) is 7.52. The first kappa shape index (κ1) is 8.46. The van der Waals surface area contributed by atoms with Crippen molar-refractivity contribution in [3.63, 3.8) is 0 Å². The Kier molecular flexibility index (Phi) is 3.29. The van der Waals surface area contributed by atoms with E-state index in [0.717, 1.165) is 17.1 Å². The molecule has 1 aromatic heterocycles. The van der Waals surface area contributed by atoms with Gasteiger partial charge in [-0.3, -0.25) is 0 Å². The van der Waals surface area contributed by atoms with Crippen molar-refractivity contribution in [3.8, 4) is 0 Å². The Hall–Kier alpha value is -0.640. The van der Waals surface area contributed by atoms with Crippen LogP contribution in [-0.2, 0) is 6.42 Å². The number of unbranched alkanes of at least 4 members (excludes halogenated alkanes) is 2. The first-order valence-corrected chi connectivity index (χ1v) is 4.68. The van der Waals surface area contributed by atoms with E-state index in [-0.39, 0.29) is 0 Å². The van der Waals surface area contributed by atoms with E-state index < -0.39 is 0 Å². The van der Waals surface area contributed by atoms with Crippen molar-refractivity contribution >= 4 is 16.5 Å². The van der Waals surface area contributed by atoms with Gasteiger partial charge >= 0.3 is 0 Å². The smallest absolute Gasteiger partial charge is 0.130 e. The van der Waals surface area contributed by atoms with Crippen molar-refractivity contribution < 1.29 is 0 Å². The summed E-state index contributed by atoms with van der Waals surface area (Å²) in [5.74, 6) is 0. The van der Waals surface area contributed by atoms with Gasteiger partial charge in [-0.15, -0.1) is 5.10 Å². The summed E-state index contributed by atoms with van der Waals surface area (Å²) in [6.45, 7) is 2.18. The maximum Gasteiger partial charge on any atom is 0.130 e. The molecule has 0 saturated heterocycles. The van der Waals surface area contributed by atoms with E-state index in [1.807, 2.05) is 0 Å². The van der Waals surface area contributed by atoms with Crippen molar-refractivity contribution in [2.24, 2.45) is 0 Å². The number of hydrogen-bond acceptors (Lipinski definition) is 4. The Bertz CT molecular complexity index is 209. The molecule has 0 spiro atoms. The number of rotatable bonds is 4. The second-order valence-corrected chi connectivity index (χ2v) is 3.33. The predicted octanol–water partition coefficient (Wildman–Crippen LogP) is 1.85. The fraction of sp³-hybridized carbons (Fsp3) is 0.714. The van der Waals surface area contributed by atoms with E-state index in [2.05, 4.69) is 16.5 Å². The van der Waals surface area contributed by atoms with Gasteiger partial charge in [0.05, 0.1) is 5.69 Å². The van der Waals surface area contributed by atoms with Crippen LogP contribution >= 0.6 is 11.5 Å².